The molecule has 0 saturated carbocycles. The fourth-order valence-electron chi connectivity index (χ4n) is 1.83. The molecule has 86 valence electrons. The van der Waals surface area contributed by atoms with Gasteiger partial charge in [0.2, 0.25) is 0 Å². The number of rotatable bonds is 5. The van der Waals surface area contributed by atoms with E-state index in [1.165, 1.54) is 0 Å². The number of hydrogen-bond donors (Lipinski definition) is 1. The Kier molecular flexibility index (Phi) is 4.27. The van der Waals surface area contributed by atoms with Gasteiger partial charge in [-0.25, -0.2) is 4.98 Å². The predicted octanol–water partition coefficient (Wildman–Crippen LogP) is 1.47. The van der Waals surface area contributed by atoms with Gasteiger partial charge in [-0.3, -0.25) is 4.68 Å². The van der Waals surface area contributed by atoms with Crippen molar-refractivity contribution in [3.05, 3.63) is 11.6 Å². The van der Waals surface area contributed by atoms with Crippen LogP contribution in [0.5, 0.6) is 0 Å². The highest BCUT2D eigenvalue weighted by atomic mass is 15.3. The van der Waals surface area contributed by atoms with Crippen LogP contribution < -0.4 is 5.73 Å². The average Bonchev–Trinajstić information content (AvgIpc) is 2.56. The summed E-state index contributed by atoms with van der Waals surface area (Å²) in [5, 5.41) is 4.36. The zero-order valence-corrected chi connectivity index (χ0v) is 10.2. The van der Waals surface area contributed by atoms with Crippen LogP contribution in [0.2, 0.25) is 0 Å². The van der Waals surface area contributed by atoms with Crippen molar-refractivity contribution >= 4 is 0 Å². The summed E-state index contributed by atoms with van der Waals surface area (Å²) in [5.41, 5.74) is 5.79. The van der Waals surface area contributed by atoms with Crippen molar-refractivity contribution in [1.29, 1.82) is 0 Å². The second-order valence-corrected chi connectivity index (χ2v) is 4.43. The van der Waals surface area contributed by atoms with E-state index in [1.54, 1.807) is 0 Å². The third kappa shape index (κ3) is 3.02. The van der Waals surface area contributed by atoms with E-state index in [2.05, 4.69) is 30.9 Å². The third-order valence-electron chi connectivity index (χ3n) is 2.56. The van der Waals surface area contributed by atoms with Gasteiger partial charge in [0.25, 0.3) is 0 Å². The quantitative estimate of drug-likeness (QED) is 0.800. The minimum Gasteiger partial charge on any atom is -0.330 e. The van der Waals surface area contributed by atoms with Gasteiger partial charge in [0.15, 0.2) is 5.82 Å². The molecule has 0 radical (unpaired) electrons. The van der Waals surface area contributed by atoms with Crippen molar-refractivity contribution in [1.82, 2.24) is 14.8 Å². The summed E-state index contributed by atoms with van der Waals surface area (Å²) in [7, 11) is 1.95. The molecule has 0 amide bonds. The Bertz CT molecular complexity index is 304. The Hall–Kier alpha value is -0.900. The van der Waals surface area contributed by atoms with Crippen molar-refractivity contribution < 1.29 is 0 Å². The molecule has 0 saturated heterocycles. The van der Waals surface area contributed by atoms with Crippen molar-refractivity contribution in [3.63, 3.8) is 0 Å². The largest absolute Gasteiger partial charge is 0.330 e. The highest BCUT2D eigenvalue weighted by Crippen LogP contribution is 2.20. The molecule has 1 heterocycles. The molecular weight excluding hydrogens is 188 g/mol. The molecule has 4 heteroatoms. The Balaban J connectivity index is 2.85. The summed E-state index contributed by atoms with van der Waals surface area (Å²) in [5.74, 6) is 2.92. The fourth-order valence-corrected chi connectivity index (χ4v) is 1.83. The Morgan fingerprint density at radius 3 is 2.47 bits per heavy atom. The van der Waals surface area contributed by atoms with Crippen LogP contribution in [0.3, 0.4) is 0 Å². The SMILES string of the molecule is CCc1nc(C(CN)CC(C)C)n(C)n1. The lowest BCUT2D eigenvalue weighted by atomic mass is 9.96. The van der Waals surface area contributed by atoms with Gasteiger partial charge in [-0.2, -0.15) is 5.10 Å². The van der Waals surface area contributed by atoms with E-state index in [9.17, 15) is 0 Å². The van der Waals surface area contributed by atoms with E-state index < -0.39 is 0 Å². The summed E-state index contributed by atoms with van der Waals surface area (Å²) in [4.78, 5) is 4.52. The summed E-state index contributed by atoms with van der Waals surface area (Å²) < 4.78 is 1.87. The molecule has 0 bridgehead atoms. The molecule has 1 atom stereocenters. The number of nitrogens with two attached hydrogens (primary N) is 1. The van der Waals surface area contributed by atoms with E-state index in [0.717, 1.165) is 24.5 Å². The molecule has 1 rings (SSSR count). The maximum Gasteiger partial charge on any atom is 0.150 e. The van der Waals surface area contributed by atoms with E-state index >= 15 is 0 Å². The van der Waals surface area contributed by atoms with Crippen molar-refractivity contribution in [2.24, 2.45) is 18.7 Å². The lowest BCUT2D eigenvalue weighted by Crippen LogP contribution is -2.18. The maximum absolute atomic E-state index is 5.79. The van der Waals surface area contributed by atoms with Gasteiger partial charge >= 0.3 is 0 Å². The molecule has 4 nitrogen and oxygen atoms in total. The standard InChI is InChI=1S/C11H22N4/c1-5-10-13-11(15(4)14-10)9(7-12)6-8(2)3/h8-9H,5-7,12H2,1-4H3. The molecule has 2 N–H and O–H groups in total. The summed E-state index contributed by atoms with van der Waals surface area (Å²) in [6.07, 6.45) is 1.96. The van der Waals surface area contributed by atoms with Crippen LogP contribution in [0.25, 0.3) is 0 Å². The van der Waals surface area contributed by atoms with E-state index in [4.69, 9.17) is 5.73 Å². The van der Waals surface area contributed by atoms with Crippen molar-refractivity contribution in [2.45, 2.75) is 39.5 Å². The molecule has 1 aromatic rings. The highest BCUT2D eigenvalue weighted by molar-refractivity contribution is 5.00. The van der Waals surface area contributed by atoms with Gasteiger partial charge in [0, 0.05) is 25.9 Å². The molecule has 0 fully saturated rings. The molecule has 1 aromatic heterocycles. The molecule has 15 heavy (non-hydrogen) atoms. The van der Waals surface area contributed by atoms with Crippen LogP contribution in [0.15, 0.2) is 0 Å². The minimum atomic E-state index is 0.336. The number of hydrogen-bond acceptors (Lipinski definition) is 3. The first-order valence-electron chi connectivity index (χ1n) is 5.68. The first kappa shape index (κ1) is 12.2. The summed E-state index contributed by atoms with van der Waals surface area (Å²) >= 11 is 0. The normalized spacial score (nSPS) is 13.5. The second-order valence-electron chi connectivity index (χ2n) is 4.43. The predicted molar refractivity (Wildman–Crippen MR) is 61.6 cm³/mol. The first-order chi connectivity index (χ1) is 7.08. The maximum atomic E-state index is 5.79. The average molecular weight is 210 g/mol. The minimum absolute atomic E-state index is 0.336. The van der Waals surface area contributed by atoms with Gasteiger partial charge in [-0.05, 0) is 12.3 Å². The van der Waals surface area contributed by atoms with E-state index in [-0.39, 0.29) is 0 Å². The second kappa shape index (κ2) is 5.26. The van der Waals surface area contributed by atoms with Crippen molar-refractivity contribution in [3.8, 4) is 0 Å². The number of nitrogens with zero attached hydrogens (tertiary/aromatic N) is 3. The Morgan fingerprint density at radius 1 is 1.40 bits per heavy atom. The highest BCUT2D eigenvalue weighted by Gasteiger charge is 2.18. The smallest absolute Gasteiger partial charge is 0.150 e. The van der Waals surface area contributed by atoms with Crippen LogP contribution in [0.1, 0.15) is 44.8 Å². The van der Waals surface area contributed by atoms with Gasteiger partial charge in [0.1, 0.15) is 5.82 Å². The first-order valence-corrected chi connectivity index (χ1v) is 5.68. The lowest BCUT2D eigenvalue weighted by molar-refractivity contribution is 0.472. The summed E-state index contributed by atoms with van der Waals surface area (Å²) in [6, 6.07) is 0. The molecule has 1 unspecified atom stereocenters. The molecule has 0 aliphatic carbocycles. The molecule has 0 aromatic carbocycles. The molecule has 0 aliphatic rings. The lowest BCUT2D eigenvalue weighted by Gasteiger charge is -2.15. The molecule has 0 spiro atoms. The van der Waals surface area contributed by atoms with Crippen LogP contribution in [0.4, 0.5) is 0 Å². The third-order valence-corrected chi connectivity index (χ3v) is 2.56. The van der Waals surface area contributed by atoms with Crippen molar-refractivity contribution in [2.75, 3.05) is 6.54 Å². The van der Waals surface area contributed by atoms with Crippen LogP contribution in [-0.2, 0) is 13.5 Å². The zero-order valence-electron chi connectivity index (χ0n) is 10.2. The van der Waals surface area contributed by atoms with Gasteiger partial charge < -0.3 is 5.73 Å². The van der Waals surface area contributed by atoms with Crippen LogP contribution in [0, 0.1) is 5.92 Å². The monoisotopic (exact) mass is 210 g/mol. The van der Waals surface area contributed by atoms with E-state index in [0.29, 0.717) is 18.4 Å². The molecular formula is C11H22N4. The number of aryl methyl sites for hydroxylation is 2. The van der Waals surface area contributed by atoms with Crippen LogP contribution in [-0.4, -0.2) is 21.3 Å². The van der Waals surface area contributed by atoms with Crippen LogP contribution >= 0.6 is 0 Å². The summed E-state index contributed by atoms with van der Waals surface area (Å²) in [6.45, 7) is 7.13. The van der Waals surface area contributed by atoms with Gasteiger partial charge in [0.05, 0.1) is 0 Å². The zero-order chi connectivity index (χ0) is 11.4. The fraction of sp³-hybridized carbons (Fsp3) is 0.818. The Labute approximate surface area is 91.9 Å². The van der Waals surface area contributed by atoms with E-state index in [1.807, 2.05) is 11.7 Å². The topological polar surface area (TPSA) is 56.7 Å². The van der Waals surface area contributed by atoms with Gasteiger partial charge in [-0.1, -0.05) is 20.8 Å². The molecule has 0 aliphatic heterocycles. The number of aromatic nitrogens is 3. The Morgan fingerprint density at radius 2 is 2.07 bits per heavy atom. The van der Waals surface area contributed by atoms with Gasteiger partial charge in [-0.15, -0.1) is 0 Å².